The molecule has 0 saturated heterocycles. The molecule has 9 heteroatoms. The van der Waals surface area contributed by atoms with Gasteiger partial charge in [-0.2, -0.15) is 0 Å². The van der Waals surface area contributed by atoms with Gasteiger partial charge in [0.05, 0.1) is 25.1 Å². The van der Waals surface area contributed by atoms with Gasteiger partial charge < -0.3 is 19.5 Å². The number of para-hydroxylation sites is 2. The fourth-order valence-electron chi connectivity index (χ4n) is 2.54. The Morgan fingerprint density at radius 3 is 2.23 bits per heavy atom. The largest absolute Gasteiger partial charge is 0.493 e. The summed E-state index contributed by atoms with van der Waals surface area (Å²) in [6.07, 6.45) is 0.389. The van der Waals surface area contributed by atoms with E-state index in [0.29, 0.717) is 22.9 Å². The summed E-state index contributed by atoms with van der Waals surface area (Å²) in [5.41, 5.74) is 0.504. The highest BCUT2D eigenvalue weighted by molar-refractivity contribution is 7.92. The van der Waals surface area contributed by atoms with Crippen molar-refractivity contribution in [2.45, 2.75) is 26.0 Å². The lowest BCUT2D eigenvalue weighted by Crippen LogP contribution is -2.43. The Bertz CT molecular complexity index is 946. The molecule has 2 aromatic rings. The van der Waals surface area contributed by atoms with Crippen molar-refractivity contribution in [1.29, 1.82) is 0 Å². The molecule has 0 spiro atoms. The van der Waals surface area contributed by atoms with E-state index in [2.05, 4.69) is 5.32 Å². The molecule has 2 rings (SSSR count). The standard InChI is InChI=1S/C21H28N2O6S/c1-15(14-28-20-9-7-6-8-19(20)27-4)22-21(24)16(2)29-18-12-10-17(11-13-18)23(3)30(5,25)26/h6-13,15-16H,14H2,1-5H3,(H,22,24)/t15-,16+/m1/s1. The molecule has 2 atom stereocenters. The third-order valence-electron chi connectivity index (χ3n) is 4.33. The van der Waals surface area contributed by atoms with Crippen LogP contribution in [0.25, 0.3) is 0 Å². The van der Waals surface area contributed by atoms with Gasteiger partial charge in [0.25, 0.3) is 5.91 Å². The highest BCUT2D eigenvalue weighted by atomic mass is 32.2. The second-order valence-electron chi connectivity index (χ2n) is 6.86. The van der Waals surface area contributed by atoms with Gasteiger partial charge in [0.15, 0.2) is 17.6 Å². The fourth-order valence-corrected chi connectivity index (χ4v) is 3.04. The number of rotatable bonds is 10. The molecule has 0 aliphatic rings. The van der Waals surface area contributed by atoms with Gasteiger partial charge in [-0.05, 0) is 50.2 Å². The number of carbonyl (C=O) groups is 1. The van der Waals surface area contributed by atoms with Crippen LogP contribution in [-0.2, 0) is 14.8 Å². The second-order valence-corrected chi connectivity index (χ2v) is 8.87. The molecular formula is C21H28N2O6S. The smallest absolute Gasteiger partial charge is 0.261 e. The fraction of sp³-hybridized carbons (Fsp3) is 0.381. The van der Waals surface area contributed by atoms with Gasteiger partial charge in [-0.3, -0.25) is 9.10 Å². The third-order valence-corrected chi connectivity index (χ3v) is 5.53. The van der Waals surface area contributed by atoms with Crippen LogP contribution in [-0.4, -0.2) is 53.5 Å². The first kappa shape index (κ1) is 23.3. The van der Waals surface area contributed by atoms with Gasteiger partial charge in [0.1, 0.15) is 12.4 Å². The Labute approximate surface area is 177 Å². The summed E-state index contributed by atoms with van der Waals surface area (Å²) >= 11 is 0. The molecule has 1 amide bonds. The molecule has 0 aliphatic carbocycles. The number of anilines is 1. The zero-order valence-electron chi connectivity index (χ0n) is 17.8. The third kappa shape index (κ3) is 6.55. The molecule has 0 unspecified atom stereocenters. The maximum atomic E-state index is 12.4. The van der Waals surface area contributed by atoms with Gasteiger partial charge >= 0.3 is 0 Å². The van der Waals surface area contributed by atoms with Crippen LogP contribution in [0.3, 0.4) is 0 Å². The average Bonchev–Trinajstić information content (AvgIpc) is 2.71. The van der Waals surface area contributed by atoms with Crippen molar-refractivity contribution in [2.75, 3.05) is 31.3 Å². The van der Waals surface area contributed by atoms with Crippen LogP contribution >= 0.6 is 0 Å². The van der Waals surface area contributed by atoms with Gasteiger partial charge in [-0.15, -0.1) is 0 Å². The number of amides is 1. The van der Waals surface area contributed by atoms with E-state index in [1.165, 1.54) is 7.05 Å². The Morgan fingerprint density at radius 2 is 1.67 bits per heavy atom. The summed E-state index contributed by atoms with van der Waals surface area (Å²) in [5, 5.41) is 2.84. The molecule has 0 aromatic heterocycles. The summed E-state index contributed by atoms with van der Waals surface area (Å²) < 4.78 is 41.0. The number of nitrogens with zero attached hydrogens (tertiary/aromatic N) is 1. The summed E-state index contributed by atoms with van der Waals surface area (Å²) in [7, 11) is -0.305. The summed E-state index contributed by atoms with van der Waals surface area (Å²) in [6.45, 7) is 3.74. The van der Waals surface area contributed by atoms with E-state index in [0.717, 1.165) is 10.6 Å². The number of methoxy groups -OCH3 is 1. The van der Waals surface area contributed by atoms with Crippen LogP contribution in [0.15, 0.2) is 48.5 Å². The number of benzene rings is 2. The quantitative estimate of drug-likeness (QED) is 0.615. The lowest BCUT2D eigenvalue weighted by Gasteiger charge is -2.20. The lowest BCUT2D eigenvalue weighted by molar-refractivity contribution is -0.128. The van der Waals surface area contributed by atoms with Crippen molar-refractivity contribution < 1.29 is 27.4 Å². The number of hydrogen-bond acceptors (Lipinski definition) is 6. The van der Waals surface area contributed by atoms with E-state index in [9.17, 15) is 13.2 Å². The van der Waals surface area contributed by atoms with Crippen molar-refractivity contribution in [3.05, 3.63) is 48.5 Å². The predicted octanol–water partition coefficient (Wildman–Crippen LogP) is 2.44. The lowest BCUT2D eigenvalue weighted by atomic mass is 10.2. The van der Waals surface area contributed by atoms with Crippen molar-refractivity contribution in [3.8, 4) is 17.2 Å². The van der Waals surface area contributed by atoms with Crippen molar-refractivity contribution in [1.82, 2.24) is 5.32 Å². The normalized spacial score (nSPS) is 13.1. The van der Waals surface area contributed by atoms with E-state index in [4.69, 9.17) is 14.2 Å². The Kier molecular flexibility index (Phi) is 7.93. The molecule has 30 heavy (non-hydrogen) atoms. The van der Waals surface area contributed by atoms with Crippen molar-refractivity contribution >= 4 is 21.6 Å². The summed E-state index contributed by atoms with van der Waals surface area (Å²) in [5.74, 6) is 1.40. The summed E-state index contributed by atoms with van der Waals surface area (Å²) in [4.78, 5) is 12.4. The second kappa shape index (κ2) is 10.2. The Hall–Kier alpha value is -2.94. The predicted molar refractivity (Wildman–Crippen MR) is 116 cm³/mol. The van der Waals surface area contributed by atoms with Gasteiger partial charge in [0.2, 0.25) is 10.0 Å². The Morgan fingerprint density at radius 1 is 1.07 bits per heavy atom. The first-order valence-corrected chi connectivity index (χ1v) is 11.2. The summed E-state index contributed by atoms with van der Waals surface area (Å²) in [6, 6.07) is 13.5. The van der Waals surface area contributed by atoms with Gasteiger partial charge in [0, 0.05) is 7.05 Å². The maximum Gasteiger partial charge on any atom is 0.261 e. The first-order chi connectivity index (χ1) is 14.1. The minimum absolute atomic E-state index is 0.251. The SMILES string of the molecule is COc1ccccc1OC[C@@H](C)NC(=O)[C@H](C)Oc1ccc(N(C)S(C)(=O)=O)cc1. The molecular weight excluding hydrogens is 408 g/mol. The van der Waals surface area contributed by atoms with Crippen molar-refractivity contribution in [3.63, 3.8) is 0 Å². The zero-order valence-corrected chi connectivity index (χ0v) is 18.6. The van der Waals surface area contributed by atoms with E-state index in [1.54, 1.807) is 50.4 Å². The monoisotopic (exact) mass is 436 g/mol. The highest BCUT2D eigenvalue weighted by Crippen LogP contribution is 2.25. The van der Waals surface area contributed by atoms with Gasteiger partial charge in [-0.25, -0.2) is 8.42 Å². The Balaban J connectivity index is 1.86. The van der Waals surface area contributed by atoms with Crippen LogP contribution in [0.4, 0.5) is 5.69 Å². The van der Waals surface area contributed by atoms with E-state index < -0.39 is 16.1 Å². The van der Waals surface area contributed by atoms with Crippen LogP contribution in [0.2, 0.25) is 0 Å². The number of carbonyl (C=O) groups excluding carboxylic acids is 1. The number of nitrogens with one attached hydrogen (secondary N) is 1. The number of hydrogen-bond donors (Lipinski definition) is 1. The number of sulfonamides is 1. The van der Waals surface area contributed by atoms with E-state index in [1.807, 2.05) is 19.1 Å². The molecule has 8 nitrogen and oxygen atoms in total. The molecule has 0 aliphatic heterocycles. The zero-order chi connectivity index (χ0) is 22.3. The molecule has 0 saturated carbocycles. The minimum atomic E-state index is -3.34. The van der Waals surface area contributed by atoms with Crippen LogP contribution in [0.5, 0.6) is 17.2 Å². The molecule has 0 heterocycles. The molecule has 164 valence electrons. The number of ether oxygens (including phenoxy) is 3. The van der Waals surface area contributed by atoms with Crippen LogP contribution in [0, 0.1) is 0 Å². The molecule has 0 fully saturated rings. The molecule has 2 aromatic carbocycles. The molecule has 0 bridgehead atoms. The maximum absolute atomic E-state index is 12.4. The first-order valence-electron chi connectivity index (χ1n) is 9.38. The van der Waals surface area contributed by atoms with Crippen molar-refractivity contribution in [2.24, 2.45) is 0 Å². The van der Waals surface area contributed by atoms with Gasteiger partial charge in [-0.1, -0.05) is 12.1 Å². The van der Waals surface area contributed by atoms with E-state index >= 15 is 0 Å². The highest BCUT2D eigenvalue weighted by Gasteiger charge is 2.18. The van der Waals surface area contributed by atoms with Crippen LogP contribution in [0.1, 0.15) is 13.8 Å². The molecule has 0 radical (unpaired) electrons. The molecule has 1 N–H and O–H groups in total. The van der Waals surface area contributed by atoms with Crippen LogP contribution < -0.4 is 23.8 Å². The topological polar surface area (TPSA) is 94.2 Å². The van der Waals surface area contributed by atoms with E-state index in [-0.39, 0.29) is 18.6 Å². The average molecular weight is 437 g/mol. The minimum Gasteiger partial charge on any atom is -0.493 e.